The molecular weight excluding hydrogens is 215 g/mol. The topological polar surface area (TPSA) is 20.2 Å². The first-order valence-electron chi connectivity index (χ1n) is 6.69. The van der Waals surface area contributed by atoms with Crippen LogP contribution in [0, 0.1) is 35.4 Å². The molecule has 0 spiro atoms. The molecule has 3 saturated carbocycles. The SMILES string of the molecule is OC(c1ccc(F)cc1)C1C2C3CCC(C3)C21. The van der Waals surface area contributed by atoms with Crippen molar-refractivity contribution < 1.29 is 9.50 Å². The van der Waals surface area contributed by atoms with Crippen LogP contribution in [0.2, 0.25) is 0 Å². The van der Waals surface area contributed by atoms with Gasteiger partial charge in [0.1, 0.15) is 5.82 Å². The van der Waals surface area contributed by atoms with Crippen molar-refractivity contribution in [3.63, 3.8) is 0 Å². The van der Waals surface area contributed by atoms with Crippen molar-refractivity contribution in [2.24, 2.45) is 29.6 Å². The first-order chi connectivity index (χ1) is 8.25. The van der Waals surface area contributed by atoms with Gasteiger partial charge in [0, 0.05) is 0 Å². The molecule has 90 valence electrons. The van der Waals surface area contributed by atoms with Crippen LogP contribution < -0.4 is 0 Å². The number of rotatable bonds is 2. The Morgan fingerprint density at radius 1 is 1.06 bits per heavy atom. The van der Waals surface area contributed by atoms with Crippen LogP contribution in [0.4, 0.5) is 4.39 Å². The van der Waals surface area contributed by atoms with Gasteiger partial charge in [-0.2, -0.15) is 0 Å². The first-order valence-corrected chi connectivity index (χ1v) is 6.69. The Kier molecular flexibility index (Phi) is 1.97. The molecular formula is C15H17FO. The molecule has 1 N–H and O–H groups in total. The lowest BCUT2D eigenvalue weighted by atomic mass is 9.95. The van der Waals surface area contributed by atoms with Crippen molar-refractivity contribution in [3.05, 3.63) is 35.6 Å². The zero-order chi connectivity index (χ0) is 11.6. The molecule has 5 unspecified atom stereocenters. The highest BCUT2D eigenvalue weighted by molar-refractivity contribution is 5.24. The molecule has 17 heavy (non-hydrogen) atoms. The maximum Gasteiger partial charge on any atom is 0.123 e. The largest absolute Gasteiger partial charge is 0.388 e. The van der Waals surface area contributed by atoms with E-state index in [1.165, 1.54) is 31.4 Å². The Labute approximate surface area is 101 Å². The molecule has 0 heterocycles. The van der Waals surface area contributed by atoms with Gasteiger partial charge in [-0.15, -0.1) is 0 Å². The van der Waals surface area contributed by atoms with E-state index in [1.54, 1.807) is 12.1 Å². The van der Waals surface area contributed by atoms with Crippen LogP contribution in [-0.4, -0.2) is 5.11 Å². The number of halogens is 1. The summed E-state index contributed by atoms with van der Waals surface area (Å²) in [5, 5.41) is 10.4. The van der Waals surface area contributed by atoms with E-state index in [1.807, 2.05) is 0 Å². The number of fused-ring (bicyclic) bond motifs is 5. The van der Waals surface area contributed by atoms with Crippen LogP contribution in [0.25, 0.3) is 0 Å². The Morgan fingerprint density at radius 2 is 1.65 bits per heavy atom. The van der Waals surface area contributed by atoms with Gasteiger partial charge in [-0.05, 0) is 66.5 Å². The lowest BCUT2D eigenvalue weighted by Gasteiger charge is -2.15. The summed E-state index contributed by atoms with van der Waals surface area (Å²) in [6.45, 7) is 0. The predicted molar refractivity (Wildman–Crippen MR) is 62.7 cm³/mol. The Hall–Kier alpha value is -0.890. The third kappa shape index (κ3) is 1.33. The van der Waals surface area contributed by atoms with Gasteiger partial charge in [-0.3, -0.25) is 0 Å². The van der Waals surface area contributed by atoms with Gasteiger partial charge in [0.2, 0.25) is 0 Å². The summed E-state index contributed by atoms with van der Waals surface area (Å²) in [5.41, 5.74) is 0.894. The van der Waals surface area contributed by atoms with Crippen LogP contribution in [0.1, 0.15) is 30.9 Å². The van der Waals surface area contributed by atoms with Gasteiger partial charge < -0.3 is 5.11 Å². The molecule has 4 rings (SSSR count). The van der Waals surface area contributed by atoms with Crippen molar-refractivity contribution >= 4 is 0 Å². The minimum absolute atomic E-state index is 0.225. The van der Waals surface area contributed by atoms with Crippen molar-refractivity contribution in [2.45, 2.75) is 25.4 Å². The molecule has 3 aliphatic rings. The van der Waals surface area contributed by atoms with Gasteiger partial charge in [-0.25, -0.2) is 4.39 Å². The van der Waals surface area contributed by atoms with Crippen molar-refractivity contribution in [1.82, 2.24) is 0 Å². The average molecular weight is 232 g/mol. The summed E-state index contributed by atoms with van der Waals surface area (Å²) in [4.78, 5) is 0. The fourth-order valence-electron chi connectivity index (χ4n) is 4.70. The number of aliphatic hydroxyl groups excluding tert-OH is 1. The quantitative estimate of drug-likeness (QED) is 0.830. The second kappa shape index (κ2) is 3.32. The number of benzene rings is 1. The predicted octanol–water partition coefficient (Wildman–Crippen LogP) is 3.15. The van der Waals surface area contributed by atoms with Crippen LogP contribution in [0.3, 0.4) is 0 Å². The fraction of sp³-hybridized carbons (Fsp3) is 0.600. The molecule has 0 saturated heterocycles. The van der Waals surface area contributed by atoms with Gasteiger partial charge in [-0.1, -0.05) is 12.1 Å². The molecule has 1 aromatic carbocycles. The molecule has 5 atom stereocenters. The van der Waals surface area contributed by atoms with E-state index < -0.39 is 0 Å². The molecule has 3 aliphatic carbocycles. The molecule has 1 nitrogen and oxygen atoms in total. The van der Waals surface area contributed by atoms with Crippen molar-refractivity contribution in [2.75, 3.05) is 0 Å². The highest BCUT2D eigenvalue weighted by Gasteiger charge is 2.66. The van der Waals surface area contributed by atoms with E-state index >= 15 is 0 Å². The van der Waals surface area contributed by atoms with E-state index in [0.29, 0.717) is 5.92 Å². The zero-order valence-electron chi connectivity index (χ0n) is 9.72. The first kappa shape index (κ1) is 10.1. The van der Waals surface area contributed by atoms with Gasteiger partial charge >= 0.3 is 0 Å². The monoisotopic (exact) mass is 232 g/mol. The lowest BCUT2D eigenvalue weighted by molar-refractivity contribution is 0.130. The maximum absolute atomic E-state index is 12.8. The van der Waals surface area contributed by atoms with Crippen LogP contribution >= 0.6 is 0 Å². The van der Waals surface area contributed by atoms with E-state index in [4.69, 9.17) is 0 Å². The number of hydrogen-bond donors (Lipinski definition) is 1. The summed E-state index contributed by atoms with van der Waals surface area (Å²) in [7, 11) is 0. The minimum Gasteiger partial charge on any atom is -0.388 e. The van der Waals surface area contributed by atoms with E-state index in [2.05, 4.69) is 0 Å². The second-order valence-corrected chi connectivity index (χ2v) is 6.06. The summed E-state index contributed by atoms with van der Waals surface area (Å²) in [6, 6.07) is 6.36. The smallest absolute Gasteiger partial charge is 0.123 e. The highest BCUT2D eigenvalue weighted by atomic mass is 19.1. The minimum atomic E-state index is -0.367. The van der Waals surface area contributed by atoms with Crippen LogP contribution in [0.15, 0.2) is 24.3 Å². The molecule has 0 aromatic heterocycles. The summed E-state index contributed by atoms with van der Waals surface area (Å²) in [6.07, 6.45) is 3.79. The third-order valence-electron chi connectivity index (χ3n) is 5.37. The summed E-state index contributed by atoms with van der Waals surface area (Å²) < 4.78 is 12.8. The molecule has 2 heteroatoms. The Morgan fingerprint density at radius 3 is 2.24 bits per heavy atom. The van der Waals surface area contributed by atoms with Crippen LogP contribution in [0.5, 0.6) is 0 Å². The Bertz CT molecular complexity index is 425. The normalized spacial score (nSPS) is 43.5. The molecule has 3 fully saturated rings. The molecule has 0 amide bonds. The maximum atomic E-state index is 12.8. The van der Waals surface area contributed by atoms with Gasteiger partial charge in [0.15, 0.2) is 0 Å². The zero-order valence-corrected chi connectivity index (χ0v) is 9.72. The summed E-state index contributed by atoms with van der Waals surface area (Å²) >= 11 is 0. The fourth-order valence-corrected chi connectivity index (χ4v) is 4.70. The van der Waals surface area contributed by atoms with Gasteiger partial charge in [0.05, 0.1) is 6.10 Å². The highest BCUT2D eigenvalue weighted by Crippen LogP contribution is 2.72. The van der Waals surface area contributed by atoms with E-state index in [9.17, 15) is 9.50 Å². The standard InChI is InChI=1S/C15H17FO/c16-11-5-3-8(4-6-11)15(17)14-12-9-1-2-10(7-9)13(12)14/h3-6,9-10,12-15,17H,1-2,7H2. The average Bonchev–Trinajstić information content (AvgIpc) is 2.77. The number of hydrogen-bond acceptors (Lipinski definition) is 1. The molecule has 0 radical (unpaired) electrons. The van der Waals surface area contributed by atoms with E-state index in [-0.39, 0.29) is 11.9 Å². The molecule has 2 bridgehead atoms. The van der Waals surface area contributed by atoms with Crippen molar-refractivity contribution in [1.29, 1.82) is 0 Å². The molecule has 0 aliphatic heterocycles. The third-order valence-corrected chi connectivity index (χ3v) is 5.37. The Balaban J connectivity index is 1.55. The van der Waals surface area contributed by atoms with Crippen LogP contribution in [-0.2, 0) is 0 Å². The number of aliphatic hydroxyl groups is 1. The lowest BCUT2D eigenvalue weighted by Crippen LogP contribution is -2.08. The second-order valence-electron chi connectivity index (χ2n) is 6.06. The molecule has 1 aromatic rings. The summed E-state index contributed by atoms with van der Waals surface area (Å²) in [5.74, 6) is 3.54. The van der Waals surface area contributed by atoms with E-state index in [0.717, 1.165) is 29.2 Å². The van der Waals surface area contributed by atoms with Crippen molar-refractivity contribution in [3.8, 4) is 0 Å². The van der Waals surface area contributed by atoms with Gasteiger partial charge in [0.25, 0.3) is 0 Å².